The Balaban J connectivity index is 1.54. The van der Waals surface area contributed by atoms with Crippen molar-refractivity contribution < 1.29 is 14.2 Å². The predicted octanol–water partition coefficient (Wildman–Crippen LogP) is 5.35. The number of thioether (sulfide) groups is 1. The molecule has 0 N–H and O–H groups in total. The average Bonchev–Trinajstić information content (AvgIpc) is 2.84. The fourth-order valence-electron chi connectivity index (χ4n) is 3.39. The fourth-order valence-corrected chi connectivity index (χ4v) is 4.22. The first-order valence-corrected chi connectivity index (χ1v) is 11.9. The van der Waals surface area contributed by atoms with Crippen molar-refractivity contribution in [3.05, 3.63) is 83.2 Å². The van der Waals surface area contributed by atoms with Crippen molar-refractivity contribution in [2.24, 2.45) is 0 Å². The summed E-state index contributed by atoms with van der Waals surface area (Å²) in [7, 11) is 0. The number of aromatic nitrogens is 2. The molecule has 1 aromatic heterocycles. The van der Waals surface area contributed by atoms with Crippen molar-refractivity contribution in [3.63, 3.8) is 0 Å². The summed E-state index contributed by atoms with van der Waals surface area (Å²) in [5.41, 5.74) is 1.33. The van der Waals surface area contributed by atoms with Crippen LogP contribution in [-0.2, 0) is 0 Å². The lowest BCUT2D eigenvalue weighted by atomic mass is 10.2. The smallest absolute Gasteiger partial charge is 0.266 e. The van der Waals surface area contributed by atoms with E-state index in [-0.39, 0.29) is 5.56 Å². The number of para-hydroxylation sites is 1. The molecule has 3 aromatic carbocycles. The maximum Gasteiger partial charge on any atom is 0.266 e. The Morgan fingerprint density at radius 2 is 1.36 bits per heavy atom. The molecule has 0 saturated heterocycles. The summed E-state index contributed by atoms with van der Waals surface area (Å²) in [6.45, 7) is 5.59. The largest absolute Gasteiger partial charge is 0.494 e. The maximum absolute atomic E-state index is 13.3. The van der Waals surface area contributed by atoms with Gasteiger partial charge in [0.2, 0.25) is 0 Å². The molecule has 0 bridgehead atoms. The zero-order valence-corrected chi connectivity index (χ0v) is 19.5. The highest BCUT2D eigenvalue weighted by atomic mass is 32.2. The van der Waals surface area contributed by atoms with Crippen LogP contribution in [0.1, 0.15) is 13.8 Å². The summed E-state index contributed by atoms with van der Waals surface area (Å²) in [5.74, 6) is 2.99. The molecule has 6 nitrogen and oxygen atoms in total. The van der Waals surface area contributed by atoms with E-state index in [9.17, 15) is 4.79 Å². The van der Waals surface area contributed by atoms with Crippen LogP contribution in [0.25, 0.3) is 16.6 Å². The molecule has 0 spiro atoms. The first-order chi connectivity index (χ1) is 16.2. The van der Waals surface area contributed by atoms with Gasteiger partial charge in [0.1, 0.15) is 17.2 Å². The number of nitrogens with zero attached hydrogens (tertiary/aromatic N) is 2. The quantitative estimate of drug-likeness (QED) is 0.180. The molecule has 0 atom stereocenters. The van der Waals surface area contributed by atoms with Crippen LogP contribution in [-0.4, -0.2) is 35.1 Å². The van der Waals surface area contributed by atoms with Gasteiger partial charge in [0.25, 0.3) is 5.56 Å². The number of ether oxygens (including phenoxy) is 3. The first kappa shape index (κ1) is 22.7. The second-order valence-corrected chi connectivity index (χ2v) is 8.14. The highest BCUT2D eigenvalue weighted by Crippen LogP contribution is 2.23. The highest BCUT2D eigenvalue weighted by molar-refractivity contribution is 7.99. The molecular formula is C26H26N2O4S. The number of rotatable bonds is 10. The van der Waals surface area contributed by atoms with Gasteiger partial charge in [0.15, 0.2) is 5.16 Å². The lowest BCUT2D eigenvalue weighted by Gasteiger charge is -2.14. The Labute approximate surface area is 197 Å². The Kier molecular flexibility index (Phi) is 7.52. The Morgan fingerprint density at radius 1 is 0.788 bits per heavy atom. The van der Waals surface area contributed by atoms with Gasteiger partial charge in [-0.3, -0.25) is 9.36 Å². The molecule has 0 saturated carbocycles. The number of benzene rings is 3. The van der Waals surface area contributed by atoms with Crippen LogP contribution in [0.3, 0.4) is 0 Å². The summed E-state index contributed by atoms with van der Waals surface area (Å²) < 4.78 is 18.5. The van der Waals surface area contributed by atoms with E-state index in [0.717, 1.165) is 22.9 Å². The number of hydrogen-bond donors (Lipinski definition) is 0. The third kappa shape index (κ3) is 5.49. The lowest BCUT2D eigenvalue weighted by Crippen LogP contribution is -2.22. The average molecular weight is 463 g/mol. The molecule has 1 heterocycles. The van der Waals surface area contributed by atoms with Crippen molar-refractivity contribution in [2.75, 3.05) is 25.6 Å². The molecule has 4 aromatic rings. The van der Waals surface area contributed by atoms with E-state index in [0.29, 0.717) is 41.6 Å². The van der Waals surface area contributed by atoms with Crippen molar-refractivity contribution in [2.45, 2.75) is 19.0 Å². The molecule has 170 valence electrons. The highest BCUT2D eigenvalue weighted by Gasteiger charge is 2.13. The molecule has 0 aliphatic heterocycles. The first-order valence-electron chi connectivity index (χ1n) is 10.9. The van der Waals surface area contributed by atoms with E-state index < -0.39 is 0 Å². The van der Waals surface area contributed by atoms with Gasteiger partial charge in [-0.05, 0) is 74.5 Å². The van der Waals surface area contributed by atoms with Crippen LogP contribution in [0.5, 0.6) is 17.2 Å². The third-order valence-corrected chi connectivity index (χ3v) is 5.77. The lowest BCUT2D eigenvalue weighted by molar-refractivity contribution is 0.332. The summed E-state index contributed by atoms with van der Waals surface area (Å²) in [6.07, 6.45) is 0. The van der Waals surface area contributed by atoms with Crippen LogP contribution < -0.4 is 19.8 Å². The minimum atomic E-state index is -0.0975. The molecule has 0 radical (unpaired) electrons. The van der Waals surface area contributed by atoms with Crippen molar-refractivity contribution in [1.29, 1.82) is 0 Å². The molecule has 0 aliphatic carbocycles. The van der Waals surface area contributed by atoms with Crippen LogP contribution in [0.15, 0.2) is 82.7 Å². The monoisotopic (exact) mass is 462 g/mol. The van der Waals surface area contributed by atoms with Gasteiger partial charge in [0, 0.05) is 5.75 Å². The van der Waals surface area contributed by atoms with Gasteiger partial charge in [-0.2, -0.15) is 0 Å². The van der Waals surface area contributed by atoms with Gasteiger partial charge < -0.3 is 14.2 Å². The zero-order valence-electron chi connectivity index (χ0n) is 18.7. The van der Waals surface area contributed by atoms with E-state index in [4.69, 9.17) is 19.2 Å². The normalized spacial score (nSPS) is 10.8. The molecule has 0 fully saturated rings. The fraction of sp³-hybridized carbons (Fsp3) is 0.231. The van der Waals surface area contributed by atoms with Gasteiger partial charge in [0.05, 0.1) is 36.4 Å². The SMILES string of the molecule is CCOc1ccc(OCCSc2nc3ccccc3c(=O)n2-c2ccc(OCC)cc2)cc1. The third-order valence-electron chi connectivity index (χ3n) is 4.87. The molecule has 33 heavy (non-hydrogen) atoms. The van der Waals surface area contributed by atoms with E-state index >= 15 is 0 Å². The Hall–Kier alpha value is -3.45. The molecular weight excluding hydrogens is 436 g/mol. The Morgan fingerprint density at radius 3 is 2.00 bits per heavy atom. The van der Waals surface area contributed by atoms with Crippen molar-refractivity contribution in [1.82, 2.24) is 9.55 Å². The summed E-state index contributed by atoms with van der Waals surface area (Å²) >= 11 is 1.49. The van der Waals surface area contributed by atoms with Gasteiger partial charge in [-0.15, -0.1) is 0 Å². The van der Waals surface area contributed by atoms with E-state index in [1.54, 1.807) is 10.6 Å². The van der Waals surface area contributed by atoms with Crippen LogP contribution in [0, 0.1) is 0 Å². The molecule has 0 unspecified atom stereocenters. The van der Waals surface area contributed by atoms with E-state index in [2.05, 4.69) is 0 Å². The second-order valence-electron chi connectivity index (χ2n) is 7.08. The van der Waals surface area contributed by atoms with Crippen molar-refractivity contribution >= 4 is 22.7 Å². The second kappa shape index (κ2) is 10.9. The minimum absolute atomic E-state index is 0.0975. The summed E-state index contributed by atoms with van der Waals surface area (Å²) in [6, 6.07) is 22.4. The number of fused-ring (bicyclic) bond motifs is 1. The zero-order chi connectivity index (χ0) is 23.0. The topological polar surface area (TPSA) is 62.6 Å². The molecule has 0 amide bonds. The molecule has 4 rings (SSSR count). The van der Waals surface area contributed by atoms with Gasteiger partial charge >= 0.3 is 0 Å². The predicted molar refractivity (Wildman–Crippen MR) is 132 cm³/mol. The summed E-state index contributed by atoms with van der Waals surface area (Å²) in [4.78, 5) is 18.1. The minimum Gasteiger partial charge on any atom is -0.494 e. The van der Waals surface area contributed by atoms with Crippen LogP contribution >= 0.6 is 11.8 Å². The van der Waals surface area contributed by atoms with Gasteiger partial charge in [-0.25, -0.2) is 4.98 Å². The molecule has 0 aliphatic rings. The maximum atomic E-state index is 13.3. The van der Waals surface area contributed by atoms with Crippen LogP contribution in [0.2, 0.25) is 0 Å². The van der Waals surface area contributed by atoms with E-state index in [1.807, 2.05) is 80.6 Å². The van der Waals surface area contributed by atoms with E-state index in [1.165, 1.54) is 11.8 Å². The van der Waals surface area contributed by atoms with Crippen molar-refractivity contribution in [3.8, 4) is 22.9 Å². The Bertz CT molecular complexity index is 1250. The van der Waals surface area contributed by atoms with Gasteiger partial charge in [-0.1, -0.05) is 23.9 Å². The molecule has 7 heteroatoms. The summed E-state index contributed by atoms with van der Waals surface area (Å²) in [5, 5.41) is 1.21. The standard InChI is InChI=1S/C26H26N2O4S/c1-3-30-20-11-9-19(10-12-20)28-25(29)23-7-5-6-8-24(23)27-26(28)33-18-17-32-22-15-13-21(14-16-22)31-4-2/h5-16H,3-4,17-18H2,1-2H3. The van der Waals surface area contributed by atoms with Crippen LogP contribution in [0.4, 0.5) is 0 Å². The number of hydrogen-bond acceptors (Lipinski definition) is 6.